The van der Waals surface area contributed by atoms with Gasteiger partial charge in [0, 0.05) is 0 Å². The molecule has 0 saturated heterocycles. The van der Waals surface area contributed by atoms with Crippen LogP contribution in [-0.2, 0) is 0 Å². The summed E-state index contributed by atoms with van der Waals surface area (Å²) in [5.41, 5.74) is 0. The van der Waals surface area contributed by atoms with E-state index in [4.69, 9.17) is 5.11 Å². The molecule has 0 radical (unpaired) electrons. The number of rotatable bonds is 14. The fourth-order valence-electron chi connectivity index (χ4n) is 2.77. The van der Waals surface area contributed by atoms with E-state index in [0.717, 1.165) is 19.4 Å². The van der Waals surface area contributed by atoms with Crippen LogP contribution in [0.5, 0.6) is 0 Å². The van der Waals surface area contributed by atoms with E-state index in [1.54, 1.807) is 0 Å². The van der Waals surface area contributed by atoms with Gasteiger partial charge in [-0.25, -0.2) is 0 Å². The number of nitrogens with zero attached hydrogens (tertiary/aromatic N) is 1. The highest BCUT2D eigenvalue weighted by Crippen LogP contribution is 2.12. The molecule has 140 valence electrons. The van der Waals surface area contributed by atoms with Gasteiger partial charge in [0.2, 0.25) is 0 Å². The van der Waals surface area contributed by atoms with Gasteiger partial charge in [0.05, 0.1) is 27.2 Å². The Kier molecular flexibility index (Phi) is 12.0. The van der Waals surface area contributed by atoms with Crippen molar-refractivity contribution in [2.45, 2.75) is 76.3 Å². The lowest BCUT2D eigenvalue weighted by atomic mass is 10.0. The minimum absolute atomic E-state index is 0.284. The molecule has 0 saturated carbocycles. The number of aliphatic hydroxyl groups excluding tert-OH is 5. The van der Waals surface area contributed by atoms with Crippen LogP contribution in [0.15, 0.2) is 0 Å². The average molecular weight is 336 g/mol. The van der Waals surface area contributed by atoms with Gasteiger partial charge in [0.25, 0.3) is 0 Å². The SMILES string of the molecule is CCCCCCCCC[N+](C)(C)C[C@H](O)[C@H](O)[C@H](O)[C@@H](O)CO. The molecular formula is C17H38NO5+. The minimum Gasteiger partial charge on any atom is -0.394 e. The Balaban J connectivity index is 4.04. The lowest BCUT2D eigenvalue weighted by Crippen LogP contribution is -2.54. The first-order valence-electron chi connectivity index (χ1n) is 8.90. The summed E-state index contributed by atoms with van der Waals surface area (Å²) in [6.45, 7) is 2.72. The largest absolute Gasteiger partial charge is 0.394 e. The fourth-order valence-corrected chi connectivity index (χ4v) is 2.77. The van der Waals surface area contributed by atoms with Crippen LogP contribution in [0.2, 0.25) is 0 Å². The Morgan fingerprint density at radius 3 is 1.74 bits per heavy atom. The van der Waals surface area contributed by atoms with Crippen molar-refractivity contribution in [2.24, 2.45) is 0 Å². The van der Waals surface area contributed by atoms with Crippen LogP contribution in [0, 0.1) is 0 Å². The maximum absolute atomic E-state index is 10.0. The Morgan fingerprint density at radius 1 is 0.739 bits per heavy atom. The first kappa shape index (κ1) is 22.8. The molecule has 4 atom stereocenters. The average Bonchev–Trinajstić information content (AvgIpc) is 2.51. The number of aliphatic hydroxyl groups is 5. The fraction of sp³-hybridized carbons (Fsp3) is 1.00. The molecule has 23 heavy (non-hydrogen) atoms. The van der Waals surface area contributed by atoms with Gasteiger partial charge in [-0.05, 0) is 12.8 Å². The third-order valence-electron chi connectivity index (χ3n) is 4.37. The van der Waals surface area contributed by atoms with E-state index in [-0.39, 0.29) is 6.54 Å². The van der Waals surface area contributed by atoms with E-state index in [1.807, 2.05) is 14.1 Å². The van der Waals surface area contributed by atoms with Crippen molar-refractivity contribution >= 4 is 0 Å². The molecule has 0 unspecified atom stereocenters. The van der Waals surface area contributed by atoms with Crippen LogP contribution in [0.3, 0.4) is 0 Å². The summed E-state index contributed by atoms with van der Waals surface area (Å²) in [7, 11) is 3.95. The zero-order valence-electron chi connectivity index (χ0n) is 15.1. The van der Waals surface area contributed by atoms with Gasteiger partial charge in [-0.1, -0.05) is 39.0 Å². The summed E-state index contributed by atoms with van der Waals surface area (Å²) < 4.78 is 0.537. The molecule has 0 aromatic heterocycles. The molecule has 0 aliphatic carbocycles. The normalized spacial score (nSPS) is 17.7. The molecule has 0 spiro atoms. The highest BCUT2D eigenvalue weighted by atomic mass is 16.4. The summed E-state index contributed by atoms with van der Waals surface area (Å²) in [5, 5.41) is 47.7. The summed E-state index contributed by atoms with van der Waals surface area (Å²) in [6, 6.07) is 0. The first-order valence-corrected chi connectivity index (χ1v) is 8.90. The summed E-state index contributed by atoms with van der Waals surface area (Å²) >= 11 is 0. The van der Waals surface area contributed by atoms with Crippen molar-refractivity contribution in [1.82, 2.24) is 0 Å². The van der Waals surface area contributed by atoms with Crippen molar-refractivity contribution in [2.75, 3.05) is 33.8 Å². The van der Waals surface area contributed by atoms with Crippen LogP contribution in [-0.4, -0.2) is 88.2 Å². The number of likely N-dealkylation sites (N-methyl/N-ethyl adjacent to an activating group) is 1. The van der Waals surface area contributed by atoms with Crippen LogP contribution in [0.1, 0.15) is 51.9 Å². The monoisotopic (exact) mass is 336 g/mol. The van der Waals surface area contributed by atoms with Crippen LogP contribution < -0.4 is 0 Å². The van der Waals surface area contributed by atoms with Crippen molar-refractivity contribution in [3.8, 4) is 0 Å². The Labute approximate surface area is 141 Å². The molecule has 6 heteroatoms. The van der Waals surface area contributed by atoms with E-state index in [9.17, 15) is 20.4 Å². The smallest absolute Gasteiger partial charge is 0.131 e. The van der Waals surface area contributed by atoms with Gasteiger partial charge in [-0.2, -0.15) is 0 Å². The molecule has 0 aromatic rings. The van der Waals surface area contributed by atoms with Gasteiger partial charge in [0.1, 0.15) is 31.0 Å². The maximum Gasteiger partial charge on any atom is 0.131 e. The Morgan fingerprint density at radius 2 is 1.22 bits per heavy atom. The van der Waals surface area contributed by atoms with Crippen LogP contribution >= 0.6 is 0 Å². The highest BCUT2D eigenvalue weighted by molar-refractivity contribution is 4.80. The van der Waals surface area contributed by atoms with Gasteiger partial charge < -0.3 is 30.0 Å². The standard InChI is InChI=1S/C17H38NO5/c1-4-5-6-7-8-9-10-11-18(2,3)12-14(20)16(22)17(23)15(21)13-19/h14-17,19-23H,4-13H2,1-3H3/q+1/t14-,15-,16-,17+/m0/s1. The molecule has 0 heterocycles. The zero-order chi connectivity index (χ0) is 17.9. The van der Waals surface area contributed by atoms with E-state index >= 15 is 0 Å². The Hall–Kier alpha value is -0.240. The maximum atomic E-state index is 10.0. The van der Waals surface area contributed by atoms with Gasteiger partial charge in [-0.3, -0.25) is 0 Å². The van der Waals surface area contributed by atoms with Gasteiger partial charge in [-0.15, -0.1) is 0 Å². The van der Waals surface area contributed by atoms with E-state index in [0.29, 0.717) is 4.48 Å². The molecule has 0 amide bonds. The molecule has 0 bridgehead atoms. The zero-order valence-corrected chi connectivity index (χ0v) is 15.1. The predicted octanol–water partition coefficient (Wildman–Crippen LogP) is 0.249. The summed E-state index contributed by atoms with van der Waals surface area (Å²) in [6.07, 6.45) is 2.96. The van der Waals surface area contributed by atoms with Crippen molar-refractivity contribution in [1.29, 1.82) is 0 Å². The molecule has 0 fully saturated rings. The topological polar surface area (TPSA) is 101 Å². The number of quaternary nitrogens is 1. The minimum atomic E-state index is -1.55. The molecule has 0 aliphatic rings. The van der Waals surface area contributed by atoms with Crippen LogP contribution in [0.4, 0.5) is 0 Å². The number of hydrogen-bond acceptors (Lipinski definition) is 5. The van der Waals surface area contributed by atoms with E-state index < -0.39 is 31.0 Å². The molecule has 0 aliphatic heterocycles. The third-order valence-corrected chi connectivity index (χ3v) is 4.37. The molecule has 5 N–H and O–H groups in total. The number of hydrogen-bond donors (Lipinski definition) is 5. The molecule has 0 aromatic carbocycles. The predicted molar refractivity (Wildman–Crippen MR) is 90.9 cm³/mol. The van der Waals surface area contributed by atoms with Crippen LogP contribution in [0.25, 0.3) is 0 Å². The van der Waals surface area contributed by atoms with Crippen molar-refractivity contribution in [3.63, 3.8) is 0 Å². The van der Waals surface area contributed by atoms with Gasteiger partial charge in [0.15, 0.2) is 0 Å². The quantitative estimate of drug-likeness (QED) is 0.231. The lowest BCUT2D eigenvalue weighted by molar-refractivity contribution is -0.894. The molecule has 6 nitrogen and oxygen atoms in total. The second-order valence-corrected chi connectivity index (χ2v) is 7.26. The highest BCUT2D eigenvalue weighted by Gasteiger charge is 2.33. The van der Waals surface area contributed by atoms with E-state index in [1.165, 1.54) is 32.1 Å². The number of unbranched alkanes of at least 4 members (excludes halogenated alkanes) is 6. The second-order valence-electron chi connectivity index (χ2n) is 7.26. The molecular weight excluding hydrogens is 298 g/mol. The molecule has 0 rings (SSSR count). The van der Waals surface area contributed by atoms with Crippen molar-refractivity contribution < 1.29 is 30.0 Å². The Bertz CT molecular complexity index is 288. The lowest BCUT2D eigenvalue weighted by Gasteiger charge is -2.34. The van der Waals surface area contributed by atoms with E-state index in [2.05, 4.69) is 6.92 Å². The van der Waals surface area contributed by atoms with Crippen molar-refractivity contribution in [3.05, 3.63) is 0 Å². The third kappa shape index (κ3) is 10.3. The summed E-state index contributed by atoms with van der Waals surface area (Å²) in [4.78, 5) is 0. The second kappa shape index (κ2) is 12.2. The first-order chi connectivity index (χ1) is 10.7. The summed E-state index contributed by atoms with van der Waals surface area (Å²) in [5.74, 6) is 0. The van der Waals surface area contributed by atoms with Gasteiger partial charge >= 0.3 is 0 Å².